The van der Waals surface area contributed by atoms with Crippen LogP contribution in [0.15, 0.2) is 32.7 Å². The van der Waals surface area contributed by atoms with Crippen LogP contribution in [-0.4, -0.2) is 11.6 Å². The molecule has 1 heterocycles. The number of hydrogen-bond acceptors (Lipinski definition) is 4. The lowest BCUT2D eigenvalue weighted by molar-refractivity contribution is 0.333. The molecule has 0 spiro atoms. The first-order chi connectivity index (χ1) is 9.20. The average Bonchev–Trinajstić information content (AvgIpc) is 2.86. The summed E-state index contributed by atoms with van der Waals surface area (Å²) in [7, 11) is 0. The summed E-state index contributed by atoms with van der Waals surface area (Å²) in [6, 6.07) is 4.07. The molecule has 0 amide bonds. The van der Waals surface area contributed by atoms with E-state index in [0.717, 1.165) is 38.4 Å². The number of nitrogens with one attached hydrogen (secondary N) is 1. The van der Waals surface area contributed by atoms with Crippen molar-refractivity contribution in [3.63, 3.8) is 0 Å². The van der Waals surface area contributed by atoms with Crippen LogP contribution in [0.3, 0.4) is 0 Å². The van der Waals surface area contributed by atoms with E-state index in [4.69, 9.17) is 4.74 Å². The maximum atomic E-state index is 5.69. The van der Waals surface area contributed by atoms with E-state index in [2.05, 4.69) is 48.2 Å². The van der Waals surface area contributed by atoms with Gasteiger partial charge in [-0.3, -0.25) is 0 Å². The molecule has 0 saturated heterocycles. The zero-order chi connectivity index (χ0) is 13.7. The second-order valence-electron chi connectivity index (χ2n) is 3.84. The summed E-state index contributed by atoms with van der Waals surface area (Å²) in [5.41, 5.74) is 1.12. The number of benzene rings is 1. The fourth-order valence-electron chi connectivity index (χ4n) is 1.70. The fourth-order valence-corrected chi connectivity index (χ4v) is 3.71. The number of halogens is 2. The van der Waals surface area contributed by atoms with E-state index < -0.39 is 0 Å². The third-order valence-electron chi connectivity index (χ3n) is 2.45. The van der Waals surface area contributed by atoms with Crippen molar-refractivity contribution in [2.75, 3.05) is 6.61 Å². The van der Waals surface area contributed by atoms with Gasteiger partial charge in [0.2, 0.25) is 0 Å². The molecular formula is C13H14Br2N2OS. The molecule has 2 rings (SSSR count). The Kier molecular flexibility index (Phi) is 5.81. The molecule has 1 N–H and O–H groups in total. The molecule has 6 heteroatoms. The van der Waals surface area contributed by atoms with E-state index in [0.29, 0.717) is 6.61 Å². The second-order valence-corrected chi connectivity index (χ2v) is 6.59. The van der Waals surface area contributed by atoms with Gasteiger partial charge >= 0.3 is 0 Å². The number of thiazole rings is 1. The zero-order valence-corrected chi connectivity index (χ0v) is 14.4. The summed E-state index contributed by atoms with van der Waals surface area (Å²) in [4.78, 5) is 4.25. The summed E-state index contributed by atoms with van der Waals surface area (Å²) in [6.45, 7) is 4.15. The first kappa shape index (κ1) is 15.0. The van der Waals surface area contributed by atoms with Crippen LogP contribution in [0, 0.1) is 0 Å². The lowest BCUT2D eigenvalue weighted by Crippen LogP contribution is -2.13. The highest BCUT2D eigenvalue weighted by molar-refractivity contribution is 9.11. The standard InChI is InChI=1S/C13H14Br2N2OS/c1-2-18-13-9(5-10(14)6-11(13)15)7-16-8-12-17-3-4-19-12/h3-6,16H,2,7-8H2,1H3. The highest BCUT2D eigenvalue weighted by atomic mass is 79.9. The van der Waals surface area contributed by atoms with Gasteiger partial charge in [-0.25, -0.2) is 4.98 Å². The predicted molar refractivity (Wildman–Crippen MR) is 85.7 cm³/mol. The Morgan fingerprint density at radius 2 is 2.16 bits per heavy atom. The number of aromatic nitrogens is 1. The third-order valence-corrected chi connectivity index (χ3v) is 4.28. The molecule has 102 valence electrons. The smallest absolute Gasteiger partial charge is 0.138 e. The first-order valence-electron chi connectivity index (χ1n) is 5.90. The Hall–Kier alpha value is -0.430. The molecule has 0 saturated carbocycles. The lowest BCUT2D eigenvalue weighted by atomic mass is 10.2. The van der Waals surface area contributed by atoms with Gasteiger partial charge in [-0.1, -0.05) is 15.9 Å². The molecule has 0 radical (unpaired) electrons. The minimum atomic E-state index is 0.652. The predicted octanol–water partition coefficient (Wildman–Crippen LogP) is 4.36. The number of hydrogen-bond donors (Lipinski definition) is 1. The van der Waals surface area contributed by atoms with Crippen molar-refractivity contribution in [2.45, 2.75) is 20.0 Å². The van der Waals surface area contributed by atoms with Gasteiger partial charge in [-0.2, -0.15) is 0 Å². The van der Waals surface area contributed by atoms with Gasteiger partial charge < -0.3 is 10.1 Å². The minimum Gasteiger partial charge on any atom is -0.492 e. The fraction of sp³-hybridized carbons (Fsp3) is 0.308. The van der Waals surface area contributed by atoms with Gasteiger partial charge in [-0.05, 0) is 35.0 Å². The molecular weight excluding hydrogens is 392 g/mol. The summed E-state index contributed by atoms with van der Waals surface area (Å²) < 4.78 is 7.69. The Balaban J connectivity index is 2.05. The Labute approximate surface area is 133 Å². The summed E-state index contributed by atoms with van der Waals surface area (Å²) in [5, 5.41) is 6.46. The Morgan fingerprint density at radius 3 is 2.84 bits per heavy atom. The van der Waals surface area contributed by atoms with Gasteiger partial charge in [0.05, 0.1) is 11.1 Å². The minimum absolute atomic E-state index is 0.652. The van der Waals surface area contributed by atoms with Crippen LogP contribution in [0.5, 0.6) is 5.75 Å². The van der Waals surface area contributed by atoms with Crippen molar-refractivity contribution in [1.29, 1.82) is 0 Å². The molecule has 0 aliphatic heterocycles. The van der Waals surface area contributed by atoms with Crippen LogP contribution in [0.25, 0.3) is 0 Å². The maximum Gasteiger partial charge on any atom is 0.138 e. The molecule has 19 heavy (non-hydrogen) atoms. The van der Waals surface area contributed by atoms with Crippen molar-refractivity contribution in [2.24, 2.45) is 0 Å². The maximum absolute atomic E-state index is 5.69. The molecule has 0 aliphatic rings. The van der Waals surface area contributed by atoms with Crippen LogP contribution < -0.4 is 10.1 Å². The number of ether oxygens (including phenoxy) is 1. The van der Waals surface area contributed by atoms with E-state index in [1.165, 1.54) is 0 Å². The van der Waals surface area contributed by atoms with E-state index >= 15 is 0 Å². The molecule has 0 atom stereocenters. The molecule has 0 fully saturated rings. The molecule has 0 aliphatic carbocycles. The molecule has 1 aromatic carbocycles. The van der Waals surface area contributed by atoms with Crippen molar-refractivity contribution in [3.8, 4) is 5.75 Å². The molecule has 2 aromatic rings. The highest BCUT2D eigenvalue weighted by Gasteiger charge is 2.09. The molecule has 3 nitrogen and oxygen atoms in total. The Bertz CT molecular complexity index is 532. The second kappa shape index (κ2) is 7.38. The van der Waals surface area contributed by atoms with Crippen molar-refractivity contribution in [3.05, 3.63) is 43.2 Å². The van der Waals surface area contributed by atoms with Gasteiger partial charge in [0, 0.05) is 34.7 Å². The number of nitrogens with zero attached hydrogens (tertiary/aromatic N) is 1. The van der Waals surface area contributed by atoms with E-state index in [1.807, 2.05) is 24.6 Å². The number of rotatable bonds is 6. The van der Waals surface area contributed by atoms with E-state index in [1.54, 1.807) is 11.3 Å². The molecule has 0 unspecified atom stereocenters. The molecule has 1 aromatic heterocycles. The van der Waals surface area contributed by atoms with Gasteiger partial charge in [0.1, 0.15) is 10.8 Å². The van der Waals surface area contributed by atoms with Crippen LogP contribution in [0.1, 0.15) is 17.5 Å². The first-order valence-corrected chi connectivity index (χ1v) is 8.37. The zero-order valence-electron chi connectivity index (χ0n) is 10.5. The normalized spacial score (nSPS) is 10.7. The van der Waals surface area contributed by atoms with Crippen molar-refractivity contribution in [1.82, 2.24) is 10.3 Å². The largest absolute Gasteiger partial charge is 0.492 e. The van der Waals surface area contributed by atoms with E-state index in [9.17, 15) is 0 Å². The van der Waals surface area contributed by atoms with E-state index in [-0.39, 0.29) is 0 Å². The highest BCUT2D eigenvalue weighted by Crippen LogP contribution is 2.33. The lowest BCUT2D eigenvalue weighted by Gasteiger charge is -2.13. The summed E-state index contributed by atoms with van der Waals surface area (Å²) in [5.74, 6) is 0.900. The van der Waals surface area contributed by atoms with Crippen LogP contribution in [-0.2, 0) is 13.1 Å². The Morgan fingerprint density at radius 1 is 1.32 bits per heavy atom. The summed E-state index contributed by atoms with van der Waals surface area (Å²) >= 11 is 8.70. The van der Waals surface area contributed by atoms with Crippen LogP contribution in [0.4, 0.5) is 0 Å². The monoisotopic (exact) mass is 404 g/mol. The topological polar surface area (TPSA) is 34.1 Å². The van der Waals surface area contributed by atoms with Gasteiger partial charge in [-0.15, -0.1) is 11.3 Å². The van der Waals surface area contributed by atoms with Gasteiger partial charge in [0.15, 0.2) is 0 Å². The summed E-state index contributed by atoms with van der Waals surface area (Å²) in [6.07, 6.45) is 1.82. The van der Waals surface area contributed by atoms with Crippen LogP contribution in [0.2, 0.25) is 0 Å². The quantitative estimate of drug-likeness (QED) is 0.775. The van der Waals surface area contributed by atoms with Crippen LogP contribution >= 0.6 is 43.2 Å². The van der Waals surface area contributed by atoms with Crippen molar-refractivity contribution >= 4 is 43.2 Å². The SMILES string of the molecule is CCOc1c(Br)cc(Br)cc1CNCc1nccs1. The molecule has 0 bridgehead atoms. The average molecular weight is 406 g/mol. The third kappa shape index (κ3) is 4.27. The van der Waals surface area contributed by atoms with Crippen molar-refractivity contribution < 1.29 is 4.74 Å². The van der Waals surface area contributed by atoms with Gasteiger partial charge in [0.25, 0.3) is 0 Å².